The van der Waals surface area contributed by atoms with Crippen molar-refractivity contribution in [2.75, 3.05) is 76.9 Å². The molecule has 1 aromatic heterocycles. The molecule has 0 unspecified atom stereocenters. The Hall–Kier alpha value is -13.3. The van der Waals surface area contributed by atoms with Gasteiger partial charge in [-0.15, -0.1) is 0 Å². The monoisotopic (exact) mass is 2000 g/mol. The second kappa shape index (κ2) is 54.7. The van der Waals surface area contributed by atoms with Gasteiger partial charge in [0.15, 0.2) is 0 Å². The molecule has 3 aromatic rings. The average Bonchev–Trinajstić information content (AvgIpc) is 1.61. The lowest BCUT2D eigenvalue weighted by molar-refractivity contribution is -0.137. The first-order chi connectivity index (χ1) is 66.0. The molecule has 20 N–H and O–H groups in total. The summed E-state index contributed by atoms with van der Waals surface area (Å²) in [4.78, 5) is 267. The van der Waals surface area contributed by atoms with Crippen molar-refractivity contribution >= 4 is 125 Å². The summed E-state index contributed by atoms with van der Waals surface area (Å²) >= 11 is 0. The van der Waals surface area contributed by atoms with Crippen molar-refractivity contribution in [1.29, 1.82) is 0 Å². The van der Waals surface area contributed by atoms with E-state index in [0.717, 1.165) is 44.0 Å². The smallest absolute Gasteiger partial charge is 0.407 e. The minimum atomic E-state index is -2.13. The van der Waals surface area contributed by atoms with Crippen molar-refractivity contribution in [2.45, 2.75) is 311 Å². The second-order valence-corrected chi connectivity index (χ2v) is 40.0. The lowest BCUT2D eigenvalue weighted by Crippen LogP contribution is -2.62. The number of hydrogen-bond acceptors (Lipinski definition) is 26. The molecule has 2 aliphatic rings. The van der Waals surface area contributed by atoms with Crippen molar-refractivity contribution < 1.29 is 125 Å². The van der Waals surface area contributed by atoms with Crippen LogP contribution in [0.4, 0.5) is 34.1 Å². The van der Waals surface area contributed by atoms with Gasteiger partial charge in [0.25, 0.3) is 11.8 Å². The summed E-state index contributed by atoms with van der Waals surface area (Å²) in [5.41, 5.74) is -3.28. The molecule has 1 saturated heterocycles. The number of nitrogens with one attached hydrogen (secondary N) is 18. The summed E-state index contributed by atoms with van der Waals surface area (Å²) in [6.45, 7) is 35.0. The molecule has 0 spiro atoms. The van der Waals surface area contributed by atoms with E-state index in [2.05, 4.69) is 100 Å². The maximum Gasteiger partial charge on any atom is 0.407 e. The number of H-pyrrole nitrogens is 1. The molecule has 0 radical (unpaired) electrons. The number of aliphatic hydroxyl groups is 2. The topological polar surface area (TPSA) is 621 Å². The van der Waals surface area contributed by atoms with E-state index < -0.39 is 292 Å². The number of anilines is 1. The number of fused-ring (bicyclic) bond motifs is 1. The number of nitrogens with zero attached hydrogens (tertiary/aromatic N) is 2. The molecular formula is C96H149FN20O25. The normalized spacial score (nSPS) is 19.2. The van der Waals surface area contributed by atoms with Gasteiger partial charge < -0.3 is 134 Å². The zero-order chi connectivity index (χ0) is 107. The summed E-state index contributed by atoms with van der Waals surface area (Å²) < 4.78 is 42.4. The quantitative estimate of drug-likeness (QED) is 0.0291. The van der Waals surface area contributed by atoms with Crippen molar-refractivity contribution in [3.8, 4) is 0 Å². The Kier molecular flexibility index (Phi) is 45.9. The minimum absolute atomic E-state index is 0.0476. The van der Waals surface area contributed by atoms with E-state index in [4.69, 9.17) is 23.7 Å². The first-order valence-corrected chi connectivity index (χ1v) is 47.6. The Morgan fingerprint density at radius 3 is 1.41 bits per heavy atom. The van der Waals surface area contributed by atoms with E-state index in [-0.39, 0.29) is 42.1 Å². The summed E-state index contributed by atoms with van der Waals surface area (Å²) in [5.74, 6) is -15.3. The number of halogens is 1. The molecule has 0 aliphatic carbocycles. The summed E-state index contributed by atoms with van der Waals surface area (Å²) in [5, 5.41) is 66.2. The van der Waals surface area contributed by atoms with Crippen LogP contribution in [0.1, 0.15) is 229 Å². The molecule has 46 heteroatoms. The number of aromatic amines is 1. The molecule has 5 rings (SSSR count). The van der Waals surface area contributed by atoms with Crippen LogP contribution in [0.15, 0.2) is 48.5 Å². The van der Waals surface area contributed by atoms with Crippen molar-refractivity contribution in [2.24, 2.45) is 5.92 Å². The Balaban J connectivity index is 1.66. The van der Waals surface area contributed by atoms with E-state index in [0.29, 0.717) is 41.2 Å². The second-order valence-electron chi connectivity index (χ2n) is 40.0. The third-order valence-corrected chi connectivity index (χ3v) is 21.4. The van der Waals surface area contributed by atoms with Crippen LogP contribution in [0.3, 0.4) is 0 Å². The van der Waals surface area contributed by atoms with Crippen LogP contribution >= 0.6 is 0 Å². The lowest BCUT2D eigenvalue weighted by Gasteiger charge is -2.29. The fourth-order valence-corrected chi connectivity index (χ4v) is 14.6. The third-order valence-electron chi connectivity index (χ3n) is 21.4. The van der Waals surface area contributed by atoms with E-state index in [1.165, 1.54) is 12.1 Å². The van der Waals surface area contributed by atoms with E-state index in [9.17, 15) is 63.0 Å². The number of alkyl carbamates (subject to hydrolysis) is 5. The molecule has 1 fully saturated rings. The van der Waals surface area contributed by atoms with Crippen molar-refractivity contribution in [1.82, 2.24) is 100 Å². The highest BCUT2D eigenvalue weighted by atomic mass is 19.1. The Bertz CT molecular complexity index is 4930. The number of likely N-dealkylation sites (N-methyl/N-ethyl adjacent to an activating group) is 1. The first kappa shape index (κ1) is 119. The van der Waals surface area contributed by atoms with Crippen LogP contribution in [-0.2, 0) is 87.6 Å². The number of aliphatic hydroxyl groups excluding tert-OH is 2. The molecule has 790 valence electrons. The molecule has 18 amide bonds. The molecular weight excluding hydrogens is 1850 g/mol. The molecule has 142 heavy (non-hydrogen) atoms. The van der Waals surface area contributed by atoms with Gasteiger partial charge in [0.05, 0.1) is 29.0 Å². The summed E-state index contributed by atoms with van der Waals surface area (Å²) in [6, 6.07) is -7.00. The van der Waals surface area contributed by atoms with Gasteiger partial charge in [0.1, 0.15) is 101 Å². The standard InChI is InChI=1S/C96H149FN20O25/c1-24-116(25-2)46-45-99-83(129)72-53(5)67(105-54(72)6)50-60-59-49-58(97)31-32-70(59)117(86(60)132)51-71(120)106-61(34-40-100-87(133)138-92(9,10)11)79(125)115-74(56(8)119)85(131)111-65(37-43-103-90(136)141-95(18,19)20)77(123)107-62-33-39-98-84(130)73(55(7)118)114-80(126)66(38-44-104-91(137)142-96(21,22)23)109-76(122)63(35-41-101-88(134)139-93(12,13)14)110-81(127)68(47-52(3)4)112-82(128)69(48-57-29-27-26-28-30-57)113-78(124)64(108-75(62)121)36-42-102-89(135)140-94(15,16)17/h26-32,49-50,52,55-56,61-66,68-69,73-74,105,118-119H,24-25,33-48,51H2,1-23H3,(H,98,130)(H,99,129)(H,100,133)(H,101,134)(H,102,135)(H,103,136)(H,104,137)(H,106,120)(H,107,123)(H,108,121)(H,109,122)(H,110,127)(H,111,131)(H,112,128)(H,113,124)(H,114,126)(H,115,125)/b60-50-/t55-,56-,61+,62+,63+,64+,65+,66+,68+,69-,73+,74+/m1/s1. The number of aryl methyl sites for hydroxylation is 1. The van der Waals surface area contributed by atoms with Crippen molar-refractivity contribution in [3.63, 3.8) is 0 Å². The number of carbonyl (C=O) groups excluding carboxylic acids is 18. The van der Waals surface area contributed by atoms with Crippen LogP contribution in [0, 0.1) is 25.6 Å². The molecule has 2 aliphatic heterocycles. The van der Waals surface area contributed by atoms with Crippen LogP contribution in [0.5, 0.6) is 0 Å². The van der Waals surface area contributed by atoms with Crippen molar-refractivity contribution in [3.05, 3.63) is 88.0 Å². The number of hydrogen-bond donors (Lipinski definition) is 20. The van der Waals surface area contributed by atoms with E-state index in [1.807, 2.05) is 13.8 Å². The molecule has 12 atom stereocenters. The van der Waals surface area contributed by atoms with Gasteiger partial charge in [-0.1, -0.05) is 58.0 Å². The average molecular weight is 2000 g/mol. The van der Waals surface area contributed by atoms with Crippen LogP contribution in [-0.4, -0.2) is 300 Å². The first-order valence-electron chi connectivity index (χ1n) is 47.6. The lowest BCUT2D eigenvalue weighted by atomic mass is 10.00. The number of carbonyl (C=O) groups is 18. The van der Waals surface area contributed by atoms with Gasteiger partial charge in [0, 0.05) is 75.7 Å². The summed E-state index contributed by atoms with van der Waals surface area (Å²) in [6.07, 6.45) is -11.1. The maximum absolute atomic E-state index is 15.6. The highest BCUT2D eigenvalue weighted by Gasteiger charge is 2.42. The molecule has 45 nitrogen and oxygen atoms in total. The third kappa shape index (κ3) is 41.9. The number of amides is 18. The van der Waals surface area contributed by atoms with Crippen LogP contribution < -0.4 is 95.3 Å². The Morgan fingerprint density at radius 1 is 0.514 bits per heavy atom. The fraction of sp³-hybridized carbons (Fsp3) is 0.625. The minimum Gasteiger partial charge on any atom is -0.444 e. The largest absolute Gasteiger partial charge is 0.444 e. The van der Waals surface area contributed by atoms with Gasteiger partial charge in [-0.05, 0) is 231 Å². The number of ether oxygens (including phenoxy) is 5. The number of benzene rings is 2. The SMILES string of the molecule is CCN(CC)CCNC(=O)c1c(C)[nH]c(/C=C2\C(=O)N(CC(=O)N[C@@H](CCNC(=O)OC(C)(C)C)C(=O)N[C@H](C(=O)N[C@@H](CCNC(=O)OC(C)(C)C)C(=O)N[C@H]3CCNC(=O)[C@H]([C@@H](C)O)NC(=O)[C@H](CCNC(=O)OC(C)(C)C)NC(=O)[C@H](CCNC(=O)OC(C)(C)C)NC(=O)[C@H](CC(C)C)NC(=O)[C@@H](Cc4ccccc4)NC(=O)[C@H](CCNC(=O)OC(C)(C)C)NC3=O)[C@@H](C)O)c3ccc(F)cc32)c1C. The Labute approximate surface area is 827 Å². The summed E-state index contributed by atoms with van der Waals surface area (Å²) in [7, 11) is 0. The molecule has 0 saturated carbocycles. The zero-order valence-corrected chi connectivity index (χ0v) is 85.7. The van der Waals surface area contributed by atoms with Crippen LogP contribution in [0.25, 0.3) is 11.6 Å². The predicted molar refractivity (Wildman–Crippen MR) is 521 cm³/mol. The molecule has 3 heterocycles. The highest BCUT2D eigenvalue weighted by Crippen LogP contribution is 2.39. The highest BCUT2D eigenvalue weighted by molar-refractivity contribution is 6.36. The Morgan fingerprint density at radius 2 is 0.951 bits per heavy atom. The molecule has 0 bridgehead atoms. The van der Waals surface area contributed by atoms with E-state index in [1.54, 1.807) is 162 Å². The number of rotatable bonds is 37. The van der Waals surface area contributed by atoms with E-state index >= 15 is 38.0 Å². The number of aromatic nitrogens is 1. The zero-order valence-electron chi connectivity index (χ0n) is 85.7. The fourth-order valence-electron chi connectivity index (χ4n) is 14.6. The van der Waals surface area contributed by atoms with Gasteiger partial charge in [0.2, 0.25) is 65.0 Å². The van der Waals surface area contributed by atoms with Gasteiger partial charge in [-0.2, -0.15) is 0 Å². The van der Waals surface area contributed by atoms with Gasteiger partial charge in [-0.25, -0.2) is 28.4 Å². The van der Waals surface area contributed by atoms with Crippen LogP contribution in [0.2, 0.25) is 0 Å². The maximum atomic E-state index is 15.6. The van der Waals surface area contributed by atoms with Gasteiger partial charge >= 0.3 is 30.5 Å². The predicted octanol–water partition coefficient (Wildman–Crippen LogP) is 2.72. The van der Waals surface area contributed by atoms with Gasteiger partial charge in [-0.3, -0.25) is 67.2 Å². The molecule has 2 aromatic carbocycles.